The van der Waals surface area contributed by atoms with Crippen LogP contribution in [-0.2, 0) is 4.74 Å². The fourth-order valence-corrected chi connectivity index (χ4v) is 3.43. The van der Waals surface area contributed by atoms with Crippen molar-refractivity contribution in [3.8, 4) is 5.75 Å². The number of ether oxygens (including phenoxy) is 2. The summed E-state index contributed by atoms with van der Waals surface area (Å²) in [7, 11) is 0. The zero-order chi connectivity index (χ0) is 18.5. The predicted molar refractivity (Wildman–Crippen MR) is 100 cm³/mol. The second kappa shape index (κ2) is 8.49. The third-order valence-corrected chi connectivity index (χ3v) is 5.00. The molecule has 1 aromatic heterocycles. The maximum atomic E-state index is 12.4. The van der Waals surface area contributed by atoms with Crippen molar-refractivity contribution in [1.29, 1.82) is 0 Å². The van der Waals surface area contributed by atoms with Gasteiger partial charge < -0.3 is 20.1 Å². The van der Waals surface area contributed by atoms with E-state index in [2.05, 4.69) is 20.9 Å². The lowest BCUT2D eigenvalue weighted by Crippen LogP contribution is -2.29. The van der Waals surface area contributed by atoms with Crippen LogP contribution >= 0.6 is 0 Å². The van der Waals surface area contributed by atoms with E-state index in [-0.39, 0.29) is 12.0 Å². The first kappa shape index (κ1) is 17.9. The number of benzene rings is 1. The van der Waals surface area contributed by atoms with Crippen molar-refractivity contribution >= 4 is 11.6 Å². The molecule has 0 spiro atoms. The van der Waals surface area contributed by atoms with Crippen LogP contribution in [0.3, 0.4) is 0 Å². The van der Waals surface area contributed by atoms with Crippen LogP contribution in [0.4, 0.5) is 5.69 Å². The number of carbonyl (C=O) groups excluding carboxylic acids is 1. The van der Waals surface area contributed by atoms with Crippen LogP contribution in [0.2, 0.25) is 0 Å². The summed E-state index contributed by atoms with van der Waals surface area (Å²) in [6, 6.07) is 7.63. The van der Waals surface area contributed by atoms with Crippen LogP contribution in [0.5, 0.6) is 5.75 Å². The summed E-state index contributed by atoms with van der Waals surface area (Å²) >= 11 is 0. The highest BCUT2D eigenvalue weighted by molar-refractivity contribution is 6.02. The molecule has 2 aliphatic heterocycles. The summed E-state index contributed by atoms with van der Waals surface area (Å²) in [5.74, 6) is 0.503. The second-order valence-corrected chi connectivity index (χ2v) is 6.99. The molecule has 1 aromatic carbocycles. The van der Waals surface area contributed by atoms with Crippen LogP contribution < -0.4 is 15.4 Å². The number of nitrogens with zero attached hydrogens (tertiary/aromatic N) is 3. The van der Waals surface area contributed by atoms with Gasteiger partial charge >= 0.3 is 0 Å². The molecule has 4 rings (SSSR count). The Morgan fingerprint density at radius 2 is 2.07 bits per heavy atom. The maximum Gasteiger partial charge on any atom is 0.277 e. The Balaban J connectivity index is 1.30. The Bertz CT molecular complexity index is 749. The largest absolute Gasteiger partial charge is 0.491 e. The number of anilines is 1. The molecule has 27 heavy (non-hydrogen) atoms. The summed E-state index contributed by atoms with van der Waals surface area (Å²) in [4.78, 5) is 12.4. The molecular formula is C19H25N5O3. The van der Waals surface area contributed by atoms with Gasteiger partial charge in [-0.05, 0) is 63.0 Å². The normalized spacial score (nSPS) is 20.5. The minimum Gasteiger partial charge on any atom is -0.491 e. The maximum absolute atomic E-state index is 12.4. The number of hydrogen-bond donors (Lipinski definition) is 2. The van der Waals surface area contributed by atoms with E-state index in [0.29, 0.717) is 24.0 Å². The molecule has 2 saturated heterocycles. The van der Waals surface area contributed by atoms with Gasteiger partial charge in [0.25, 0.3) is 5.91 Å². The number of amides is 1. The molecule has 144 valence electrons. The van der Waals surface area contributed by atoms with Gasteiger partial charge in [-0.1, -0.05) is 5.21 Å². The lowest BCUT2D eigenvalue weighted by molar-refractivity contribution is 0.0679. The molecule has 2 aliphatic rings. The SMILES string of the molecule is O=C(Nc1ccc(OCC2CCCO2)cc1)c1cn(C2CCNCC2)nn1. The molecule has 2 fully saturated rings. The zero-order valence-electron chi connectivity index (χ0n) is 15.3. The first-order chi connectivity index (χ1) is 13.3. The summed E-state index contributed by atoms with van der Waals surface area (Å²) in [6.45, 7) is 3.31. The third kappa shape index (κ3) is 4.64. The number of nitrogens with one attached hydrogen (secondary N) is 2. The summed E-state index contributed by atoms with van der Waals surface area (Å²) in [5.41, 5.74) is 1.02. The molecule has 0 saturated carbocycles. The quantitative estimate of drug-likeness (QED) is 0.807. The topological polar surface area (TPSA) is 90.3 Å². The van der Waals surface area contributed by atoms with Gasteiger partial charge in [0.05, 0.1) is 18.3 Å². The van der Waals surface area contributed by atoms with Crippen molar-refractivity contribution in [3.05, 3.63) is 36.2 Å². The highest BCUT2D eigenvalue weighted by Crippen LogP contribution is 2.20. The zero-order valence-corrected chi connectivity index (χ0v) is 15.3. The predicted octanol–water partition coefficient (Wildman–Crippen LogP) is 2.01. The lowest BCUT2D eigenvalue weighted by atomic mass is 10.1. The molecule has 3 heterocycles. The Morgan fingerprint density at radius 3 is 2.81 bits per heavy atom. The molecule has 8 nitrogen and oxygen atoms in total. The molecule has 1 atom stereocenters. The van der Waals surface area contributed by atoms with E-state index in [1.807, 2.05) is 24.3 Å². The minimum atomic E-state index is -0.261. The minimum absolute atomic E-state index is 0.187. The summed E-state index contributed by atoms with van der Waals surface area (Å²) in [5, 5.41) is 14.3. The molecule has 0 aliphatic carbocycles. The van der Waals surface area contributed by atoms with Gasteiger partial charge in [-0.15, -0.1) is 5.10 Å². The number of hydrogen-bond acceptors (Lipinski definition) is 6. The molecule has 2 N–H and O–H groups in total. The molecule has 1 amide bonds. The Hall–Kier alpha value is -2.45. The van der Waals surface area contributed by atoms with Gasteiger partial charge in [0.1, 0.15) is 12.4 Å². The van der Waals surface area contributed by atoms with E-state index in [0.717, 1.165) is 51.1 Å². The summed E-state index contributed by atoms with van der Waals surface area (Å²) < 4.78 is 13.1. The van der Waals surface area contributed by atoms with Crippen LogP contribution in [-0.4, -0.2) is 53.3 Å². The Labute approximate surface area is 158 Å². The third-order valence-electron chi connectivity index (χ3n) is 5.00. The molecule has 1 unspecified atom stereocenters. The monoisotopic (exact) mass is 371 g/mol. The lowest BCUT2D eigenvalue weighted by Gasteiger charge is -2.22. The number of aromatic nitrogens is 3. The molecular weight excluding hydrogens is 346 g/mol. The molecule has 2 aromatic rings. The number of rotatable bonds is 6. The smallest absolute Gasteiger partial charge is 0.277 e. The average molecular weight is 371 g/mol. The van der Waals surface area contributed by atoms with E-state index in [1.54, 1.807) is 10.9 Å². The van der Waals surface area contributed by atoms with Gasteiger partial charge in [0.15, 0.2) is 5.69 Å². The van der Waals surface area contributed by atoms with E-state index in [1.165, 1.54) is 0 Å². The van der Waals surface area contributed by atoms with Gasteiger partial charge in [-0.3, -0.25) is 4.79 Å². The van der Waals surface area contributed by atoms with Crippen molar-refractivity contribution in [2.75, 3.05) is 31.6 Å². The standard InChI is InChI=1S/C19H25N5O3/c25-19(18-12-24(23-22-18)15-7-9-20-10-8-15)21-14-3-5-16(6-4-14)27-13-17-2-1-11-26-17/h3-6,12,15,17,20H,1-2,7-11,13H2,(H,21,25). The van der Waals surface area contributed by atoms with E-state index >= 15 is 0 Å². The van der Waals surface area contributed by atoms with E-state index < -0.39 is 0 Å². The molecule has 0 bridgehead atoms. The van der Waals surface area contributed by atoms with Crippen molar-refractivity contribution in [1.82, 2.24) is 20.3 Å². The van der Waals surface area contributed by atoms with Gasteiger partial charge in [-0.25, -0.2) is 4.68 Å². The van der Waals surface area contributed by atoms with Crippen molar-refractivity contribution in [2.45, 2.75) is 37.8 Å². The first-order valence-electron chi connectivity index (χ1n) is 9.56. The Kier molecular flexibility index (Phi) is 5.64. The second-order valence-electron chi connectivity index (χ2n) is 6.99. The average Bonchev–Trinajstić information content (AvgIpc) is 3.40. The highest BCUT2D eigenvalue weighted by atomic mass is 16.5. The number of carbonyl (C=O) groups is 1. The first-order valence-corrected chi connectivity index (χ1v) is 9.56. The van der Waals surface area contributed by atoms with Crippen LogP contribution in [0.15, 0.2) is 30.5 Å². The van der Waals surface area contributed by atoms with Crippen molar-refractivity contribution < 1.29 is 14.3 Å². The fraction of sp³-hybridized carbons (Fsp3) is 0.526. The summed E-state index contributed by atoms with van der Waals surface area (Å²) in [6.07, 6.45) is 6.06. The van der Waals surface area contributed by atoms with Crippen LogP contribution in [0.1, 0.15) is 42.2 Å². The van der Waals surface area contributed by atoms with Crippen LogP contribution in [0.25, 0.3) is 0 Å². The van der Waals surface area contributed by atoms with Crippen molar-refractivity contribution in [2.24, 2.45) is 0 Å². The van der Waals surface area contributed by atoms with Crippen LogP contribution in [0, 0.1) is 0 Å². The van der Waals surface area contributed by atoms with E-state index in [4.69, 9.17) is 9.47 Å². The fourth-order valence-electron chi connectivity index (χ4n) is 3.43. The molecule has 8 heteroatoms. The van der Waals surface area contributed by atoms with Gasteiger partial charge in [0.2, 0.25) is 0 Å². The van der Waals surface area contributed by atoms with Gasteiger partial charge in [0, 0.05) is 12.3 Å². The number of piperidine rings is 1. The Morgan fingerprint density at radius 1 is 1.26 bits per heavy atom. The van der Waals surface area contributed by atoms with E-state index in [9.17, 15) is 4.79 Å². The van der Waals surface area contributed by atoms with Gasteiger partial charge in [-0.2, -0.15) is 0 Å². The molecule has 0 radical (unpaired) electrons. The van der Waals surface area contributed by atoms with Crippen molar-refractivity contribution in [3.63, 3.8) is 0 Å². The highest BCUT2D eigenvalue weighted by Gasteiger charge is 2.19.